The summed E-state index contributed by atoms with van der Waals surface area (Å²) in [4.78, 5) is 25.0. The molecule has 0 aromatic heterocycles. The number of likely N-dealkylation sites (N-methyl/N-ethyl adjacent to an activating group) is 1. The summed E-state index contributed by atoms with van der Waals surface area (Å²) in [6.45, 7) is 13.0. The molecule has 18 heavy (non-hydrogen) atoms. The number of ether oxygens (including phenoxy) is 1. The molecule has 0 spiro atoms. The van der Waals surface area contributed by atoms with E-state index in [0.717, 1.165) is 0 Å². The van der Waals surface area contributed by atoms with Gasteiger partial charge in [0.25, 0.3) is 0 Å². The van der Waals surface area contributed by atoms with Gasteiger partial charge in [0.15, 0.2) is 0 Å². The number of carbonyl (C=O) groups is 2. The van der Waals surface area contributed by atoms with Crippen LogP contribution in [0.15, 0.2) is 0 Å². The van der Waals surface area contributed by atoms with E-state index in [4.69, 9.17) is 4.74 Å². The van der Waals surface area contributed by atoms with Crippen molar-refractivity contribution in [2.45, 2.75) is 48.0 Å². The molecule has 0 rings (SSSR count). The summed E-state index contributed by atoms with van der Waals surface area (Å²) < 4.78 is 4.86. The molecule has 0 radical (unpaired) electrons. The second kappa shape index (κ2) is 7.39. The van der Waals surface area contributed by atoms with Crippen LogP contribution in [0.2, 0.25) is 0 Å². The van der Waals surface area contributed by atoms with Gasteiger partial charge in [0.1, 0.15) is 6.54 Å². The lowest BCUT2D eigenvalue weighted by Crippen LogP contribution is -2.38. The first-order valence-electron chi connectivity index (χ1n) is 6.65. The van der Waals surface area contributed by atoms with E-state index in [1.807, 2.05) is 6.92 Å². The number of rotatable bonds is 6. The molecule has 0 aromatic rings. The lowest BCUT2D eigenvalue weighted by Gasteiger charge is -2.29. The van der Waals surface area contributed by atoms with Crippen LogP contribution < -0.4 is 0 Å². The maximum atomic E-state index is 12.1. The van der Waals surface area contributed by atoms with Crippen molar-refractivity contribution in [2.24, 2.45) is 11.3 Å². The molecule has 0 bridgehead atoms. The maximum Gasteiger partial charge on any atom is 0.325 e. The number of hydrogen-bond donors (Lipinski definition) is 0. The van der Waals surface area contributed by atoms with Gasteiger partial charge in [-0.1, -0.05) is 27.7 Å². The van der Waals surface area contributed by atoms with Gasteiger partial charge in [-0.25, -0.2) is 0 Å². The third-order valence-corrected chi connectivity index (χ3v) is 3.32. The van der Waals surface area contributed by atoms with E-state index in [2.05, 4.69) is 27.7 Å². The van der Waals surface area contributed by atoms with Gasteiger partial charge >= 0.3 is 5.97 Å². The van der Waals surface area contributed by atoms with Gasteiger partial charge in [-0.05, 0) is 25.2 Å². The molecular formula is C14H27NO3. The fraction of sp³-hybridized carbons (Fsp3) is 0.857. The van der Waals surface area contributed by atoms with Gasteiger partial charge in [-0.2, -0.15) is 0 Å². The van der Waals surface area contributed by atoms with Crippen molar-refractivity contribution in [2.75, 3.05) is 19.7 Å². The zero-order valence-corrected chi connectivity index (χ0v) is 12.6. The molecule has 0 N–H and O–H groups in total. The van der Waals surface area contributed by atoms with E-state index < -0.39 is 0 Å². The van der Waals surface area contributed by atoms with Gasteiger partial charge < -0.3 is 9.64 Å². The van der Waals surface area contributed by atoms with Crippen molar-refractivity contribution in [3.8, 4) is 0 Å². The SMILES string of the molecule is CCOC(=O)CN(CC)C(=O)CC(C)C(C)(C)C. The van der Waals surface area contributed by atoms with Crippen molar-refractivity contribution < 1.29 is 14.3 Å². The number of esters is 1. The number of carbonyl (C=O) groups excluding carboxylic acids is 2. The Morgan fingerprint density at radius 3 is 2.17 bits per heavy atom. The Balaban J connectivity index is 4.40. The molecule has 0 fully saturated rings. The van der Waals surface area contributed by atoms with E-state index >= 15 is 0 Å². The van der Waals surface area contributed by atoms with Crippen LogP contribution in [0.3, 0.4) is 0 Å². The molecule has 0 aliphatic heterocycles. The summed E-state index contributed by atoms with van der Waals surface area (Å²) in [6.07, 6.45) is 0.469. The summed E-state index contributed by atoms with van der Waals surface area (Å²) in [5.41, 5.74) is 0.0962. The van der Waals surface area contributed by atoms with E-state index in [-0.39, 0.29) is 29.8 Å². The van der Waals surface area contributed by atoms with Gasteiger partial charge in [-0.3, -0.25) is 9.59 Å². The predicted molar refractivity (Wildman–Crippen MR) is 72.1 cm³/mol. The average molecular weight is 257 g/mol. The standard InChI is InChI=1S/C14H27NO3/c1-7-15(10-13(17)18-8-2)12(16)9-11(3)14(4,5)6/h11H,7-10H2,1-6H3. The first-order valence-corrected chi connectivity index (χ1v) is 6.65. The van der Waals surface area contributed by atoms with E-state index in [0.29, 0.717) is 19.6 Å². The normalized spacial score (nSPS) is 13.0. The first-order chi connectivity index (χ1) is 8.22. The van der Waals surface area contributed by atoms with Crippen LogP contribution in [-0.4, -0.2) is 36.5 Å². The molecule has 0 heterocycles. The van der Waals surface area contributed by atoms with Crippen molar-refractivity contribution in [1.82, 2.24) is 4.90 Å². The zero-order chi connectivity index (χ0) is 14.3. The molecule has 4 nitrogen and oxygen atoms in total. The van der Waals surface area contributed by atoms with Crippen molar-refractivity contribution in [3.63, 3.8) is 0 Å². The Morgan fingerprint density at radius 2 is 1.78 bits per heavy atom. The highest BCUT2D eigenvalue weighted by atomic mass is 16.5. The molecule has 1 unspecified atom stereocenters. The van der Waals surface area contributed by atoms with Crippen molar-refractivity contribution in [1.29, 1.82) is 0 Å². The highest BCUT2D eigenvalue weighted by molar-refractivity contribution is 5.82. The predicted octanol–water partition coefficient (Wildman–Crippen LogP) is 2.47. The van der Waals surface area contributed by atoms with Crippen LogP contribution in [0, 0.1) is 11.3 Å². The number of amides is 1. The van der Waals surface area contributed by atoms with E-state index in [9.17, 15) is 9.59 Å². The van der Waals surface area contributed by atoms with E-state index in [1.54, 1.807) is 11.8 Å². The first kappa shape index (κ1) is 16.9. The third kappa shape index (κ3) is 6.03. The Labute approximate surface area is 111 Å². The Hall–Kier alpha value is -1.06. The second-order valence-corrected chi connectivity index (χ2v) is 5.68. The van der Waals surface area contributed by atoms with Crippen LogP contribution in [-0.2, 0) is 14.3 Å². The molecular weight excluding hydrogens is 230 g/mol. The average Bonchev–Trinajstić information content (AvgIpc) is 2.24. The van der Waals surface area contributed by atoms with Gasteiger partial charge in [-0.15, -0.1) is 0 Å². The van der Waals surface area contributed by atoms with E-state index in [1.165, 1.54) is 0 Å². The fourth-order valence-electron chi connectivity index (χ4n) is 1.44. The Bertz CT molecular complexity index is 281. The highest BCUT2D eigenvalue weighted by Crippen LogP contribution is 2.28. The van der Waals surface area contributed by atoms with Crippen LogP contribution in [0.1, 0.15) is 48.0 Å². The van der Waals surface area contributed by atoms with Crippen molar-refractivity contribution >= 4 is 11.9 Å². The Morgan fingerprint density at radius 1 is 1.22 bits per heavy atom. The smallest absolute Gasteiger partial charge is 0.325 e. The van der Waals surface area contributed by atoms with Crippen LogP contribution in [0.4, 0.5) is 0 Å². The molecule has 4 heteroatoms. The summed E-state index contributed by atoms with van der Waals surface area (Å²) >= 11 is 0. The van der Waals surface area contributed by atoms with Crippen LogP contribution >= 0.6 is 0 Å². The van der Waals surface area contributed by atoms with Crippen LogP contribution in [0.25, 0.3) is 0 Å². The number of hydrogen-bond acceptors (Lipinski definition) is 3. The minimum atomic E-state index is -0.337. The molecule has 0 aromatic carbocycles. The largest absolute Gasteiger partial charge is 0.465 e. The lowest BCUT2D eigenvalue weighted by atomic mass is 9.80. The quantitative estimate of drug-likeness (QED) is 0.687. The van der Waals surface area contributed by atoms with Gasteiger partial charge in [0, 0.05) is 13.0 Å². The summed E-state index contributed by atoms with van der Waals surface area (Å²) in [7, 11) is 0. The summed E-state index contributed by atoms with van der Waals surface area (Å²) in [5.74, 6) is -0.0367. The molecule has 1 amide bonds. The molecule has 0 aliphatic carbocycles. The second-order valence-electron chi connectivity index (χ2n) is 5.68. The Kier molecular flexibility index (Phi) is 6.96. The zero-order valence-electron chi connectivity index (χ0n) is 12.6. The van der Waals surface area contributed by atoms with Gasteiger partial charge in [0.2, 0.25) is 5.91 Å². The monoisotopic (exact) mass is 257 g/mol. The molecule has 1 atom stereocenters. The molecule has 106 valence electrons. The number of nitrogens with zero attached hydrogens (tertiary/aromatic N) is 1. The fourth-order valence-corrected chi connectivity index (χ4v) is 1.44. The third-order valence-electron chi connectivity index (χ3n) is 3.32. The van der Waals surface area contributed by atoms with Crippen molar-refractivity contribution in [3.05, 3.63) is 0 Å². The topological polar surface area (TPSA) is 46.6 Å². The highest BCUT2D eigenvalue weighted by Gasteiger charge is 2.25. The van der Waals surface area contributed by atoms with Crippen LogP contribution in [0.5, 0.6) is 0 Å². The molecule has 0 aliphatic rings. The molecule has 0 saturated heterocycles. The minimum Gasteiger partial charge on any atom is -0.465 e. The summed E-state index contributed by atoms with van der Waals surface area (Å²) in [5, 5.41) is 0. The summed E-state index contributed by atoms with van der Waals surface area (Å²) in [6, 6.07) is 0. The molecule has 0 saturated carbocycles. The minimum absolute atomic E-state index is 0.0213. The lowest BCUT2D eigenvalue weighted by molar-refractivity contribution is -0.149. The van der Waals surface area contributed by atoms with Gasteiger partial charge in [0.05, 0.1) is 6.61 Å². The maximum absolute atomic E-state index is 12.1.